The fourth-order valence-corrected chi connectivity index (χ4v) is 2.17. The van der Waals surface area contributed by atoms with E-state index in [0.717, 1.165) is 13.1 Å². The number of nitrogens with zero attached hydrogens (tertiary/aromatic N) is 2. The van der Waals surface area contributed by atoms with Gasteiger partial charge in [0.1, 0.15) is 13.2 Å². The summed E-state index contributed by atoms with van der Waals surface area (Å²) in [6, 6.07) is 6.33. The molecule has 1 aromatic rings. The maximum Gasteiger partial charge on any atom is 0.248 e. The first-order valence-electron chi connectivity index (χ1n) is 6.69. The van der Waals surface area contributed by atoms with E-state index in [4.69, 9.17) is 9.84 Å². The molecule has 1 N–H and O–H groups in total. The maximum atomic E-state index is 13.3. The van der Waals surface area contributed by atoms with Crippen molar-refractivity contribution in [1.82, 2.24) is 9.80 Å². The average Bonchev–Trinajstić information content (AvgIpc) is 2.49. The third-order valence-electron chi connectivity index (χ3n) is 3.36. The quantitative estimate of drug-likeness (QED) is 0.846. The van der Waals surface area contributed by atoms with Gasteiger partial charge in [0.25, 0.3) is 0 Å². The number of para-hydroxylation sites is 1. The zero-order chi connectivity index (χ0) is 14.4. The minimum absolute atomic E-state index is 0.229. The summed E-state index contributed by atoms with van der Waals surface area (Å²) in [7, 11) is 0. The molecule has 0 radical (unpaired) electrons. The molecule has 0 atom stereocenters. The van der Waals surface area contributed by atoms with E-state index >= 15 is 0 Å². The van der Waals surface area contributed by atoms with Crippen molar-refractivity contribution in [1.29, 1.82) is 0 Å². The molecular formula is C14H19FN2O3. The second-order valence-corrected chi connectivity index (χ2v) is 4.66. The van der Waals surface area contributed by atoms with Crippen molar-refractivity contribution in [2.75, 3.05) is 45.9 Å². The molecule has 1 heterocycles. The van der Waals surface area contributed by atoms with Crippen molar-refractivity contribution in [3.8, 4) is 5.75 Å². The Morgan fingerprint density at radius 3 is 2.60 bits per heavy atom. The molecular weight excluding hydrogens is 263 g/mol. The molecule has 0 spiro atoms. The van der Waals surface area contributed by atoms with E-state index in [0.29, 0.717) is 26.2 Å². The van der Waals surface area contributed by atoms with Crippen LogP contribution >= 0.6 is 0 Å². The van der Waals surface area contributed by atoms with Gasteiger partial charge >= 0.3 is 0 Å². The topological polar surface area (TPSA) is 53.0 Å². The van der Waals surface area contributed by atoms with Gasteiger partial charge in [0.05, 0.1) is 0 Å². The Balaban J connectivity index is 1.69. The van der Waals surface area contributed by atoms with Crippen molar-refractivity contribution >= 4 is 5.91 Å². The van der Waals surface area contributed by atoms with Gasteiger partial charge in [-0.25, -0.2) is 4.39 Å². The average molecular weight is 282 g/mol. The third kappa shape index (κ3) is 3.91. The highest BCUT2D eigenvalue weighted by molar-refractivity contribution is 5.77. The van der Waals surface area contributed by atoms with Crippen molar-refractivity contribution in [3.05, 3.63) is 30.1 Å². The van der Waals surface area contributed by atoms with Crippen molar-refractivity contribution in [3.63, 3.8) is 0 Å². The van der Waals surface area contributed by atoms with E-state index in [-0.39, 0.29) is 17.5 Å². The van der Waals surface area contributed by atoms with Crippen LogP contribution in [0.25, 0.3) is 0 Å². The largest absolute Gasteiger partial charge is 0.489 e. The van der Waals surface area contributed by atoms with E-state index in [2.05, 4.69) is 4.90 Å². The van der Waals surface area contributed by atoms with E-state index in [9.17, 15) is 9.18 Å². The molecule has 1 saturated heterocycles. The van der Waals surface area contributed by atoms with Crippen molar-refractivity contribution in [2.24, 2.45) is 0 Å². The Labute approximate surface area is 117 Å². The fourth-order valence-electron chi connectivity index (χ4n) is 2.17. The molecule has 0 unspecified atom stereocenters. The van der Waals surface area contributed by atoms with Crippen LogP contribution in [0.5, 0.6) is 5.75 Å². The zero-order valence-electron chi connectivity index (χ0n) is 11.3. The highest BCUT2D eigenvalue weighted by Crippen LogP contribution is 2.15. The van der Waals surface area contributed by atoms with Crippen LogP contribution in [0, 0.1) is 5.82 Å². The van der Waals surface area contributed by atoms with Crippen molar-refractivity contribution < 1.29 is 19.0 Å². The van der Waals surface area contributed by atoms with Gasteiger partial charge in [-0.1, -0.05) is 12.1 Å². The Kier molecular flexibility index (Phi) is 5.31. The Bertz CT molecular complexity index is 448. The van der Waals surface area contributed by atoms with E-state index in [1.165, 1.54) is 6.07 Å². The SMILES string of the molecule is O=C(CO)N1CCN(CCOc2ccccc2F)CC1. The first-order chi connectivity index (χ1) is 9.70. The lowest BCUT2D eigenvalue weighted by Gasteiger charge is -2.34. The van der Waals surface area contributed by atoms with Crippen LogP contribution in [-0.2, 0) is 4.79 Å². The summed E-state index contributed by atoms with van der Waals surface area (Å²) in [6.45, 7) is 3.37. The predicted octanol–water partition coefficient (Wildman–Crippen LogP) is 0.341. The van der Waals surface area contributed by atoms with Gasteiger partial charge < -0.3 is 14.7 Å². The number of aliphatic hydroxyl groups excluding tert-OH is 1. The molecule has 1 fully saturated rings. The second kappa shape index (κ2) is 7.21. The number of benzene rings is 1. The second-order valence-electron chi connectivity index (χ2n) is 4.66. The molecule has 0 saturated carbocycles. The van der Waals surface area contributed by atoms with Crippen LogP contribution in [0.3, 0.4) is 0 Å². The van der Waals surface area contributed by atoms with Crippen LogP contribution in [0.15, 0.2) is 24.3 Å². The summed E-state index contributed by atoms with van der Waals surface area (Å²) in [4.78, 5) is 15.1. The van der Waals surface area contributed by atoms with Gasteiger partial charge in [0.15, 0.2) is 11.6 Å². The number of ether oxygens (including phenoxy) is 1. The van der Waals surface area contributed by atoms with Crippen molar-refractivity contribution in [2.45, 2.75) is 0 Å². The summed E-state index contributed by atoms with van der Waals surface area (Å²) in [5, 5.41) is 8.79. The zero-order valence-corrected chi connectivity index (χ0v) is 11.3. The lowest BCUT2D eigenvalue weighted by molar-refractivity contribution is -0.135. The minimum Gasteiger partial charge on any atom is -0.489 e. The van der Waals surface area contributed by atoms with E-state index in [1.54, 1.807) is 23.1 Å². The molecule has 1 aliphatic rings. The standard InChI is InChI=1S/C14H19FN2O3/c15-12-3-1-2-4-13(12)20-10-9-16-5-7-17(8-6-16)14(19)11-18/h1-4,18H,5-11H2. The number of hydrogen-bond donors (Lipinski definition) is 1. The molecule has 5 nitrogen and oxygen atoms in total. The minimum atomic E-state index is -0.434. The van der Waals surface area contributed by atoms with Crippen LogP contribution in [0.1, 0.15) is 0 Å². The Morgan fingerprint density at radius 2 is 1.95 bits per heavy atom. The smallest absolute Gasteiger partial charge is 0.248 e. The summed E-state index contributed by atoms with van der Waals surface area (Å²) >= 11 is 0. The van der Waals surface area contributed by atoms with Crippen LogP contribution < -0.4 is 4.74 Å². The number of piperazine rings is 1. The van der Waals surface area contributed by atoms with E-state index < -0.39 is 6.61 Å². The van der Waals surface area contributed by atoms with Gasteiger partial charge in [-0.05, 0) is 12.1 Å². The third-order valence-corrected chi connectivity index (χ3v) is 3.36. The summed E-state index contributed by atoms with van der Waals surface area (Å²) in [5.41, 5.74) is 0. The Hall–Kier alpha value is -1.66. The summed E-state index contributed by atoms with van der Waals surface area (Å²) in [5.74, 6) is -0.320. The maximum absolute atomic E-state index is 13.3. The monoisotopic (exact) mass is 282 g/mol. The van der Waals surface area contributed by atoms with Crippen LogP contribution in [0.2, 0.25) is 0 Å². The molecule has 110 valence electrons. The normalized spacial score (nSPS) is 16.2. The fraction of sp³-hybridized carbons (Fsp3) is 0.500. The molecule has 1 amide bonds. The molecule has 1 aliphatic heterocycles. The van der Waals surface area contributed by atoms with Crippen LogP contribution in [-0.4, -0.2) is 66.8 Å². The lowest BCUT2D eigenvalue weighted by Crippen LogP contribution is -2.50. The number of amides is 1. The first-order valence-corrected chi connectivity index (χ1v) is 6.69. The molecule has 1 aromatic carbocycles. The highest BCUT2D eigenvalue weighted by Gasteiger charge is 2.20. The number of hydrogen-bond acceptors (Lipinski definition) is 4. The Morgan fingerprint density at radius 1 is 1.25 bits per heavy atom. The molecule has 0 aromatic heterocycles. The summed E-state index contributed by atoms with van der Waals surface area (Å²) in [6.07, 6.45) is 0. The van der Waals surface area contributed by atoms with Gasteiger partial charge in [0.2, 0.25) is 5.91 Å². The predicted molar refractivity (Wildman–Crippen MR) is 72.0 cm³/mol. The number of carbonyl (C=O) groups excluding carboxylic acids is 1. The van der Waals surface area contributed by atoms with Gasteiger partial charge in [-0.15, -0.1) is 0 Å². The number of aliphatic hydroxyl groups is 1. The molecule has 2 rings (SSSR count). The number of rotatable bonds is 5. The number of halogens is 1. The van der Waals surface area contributed by atoms with E-state index in [1.807, 2.05) is 0 Å². The highest BCUT2D eigenvalue weighted by atomic mass is 19.1. The number of carbonyl (C=O) groups is 1. The molecule has 6 heteroatoms. The molecule has 0 bridgehead atoms. The molecule has 0 aliphatic carbocycles. The van der Waals surface area contributed by atoms with Gasteiger partial charge in [0, 0.05) is 32.7 Å². The molecule has 20 heavy (non-hydrogen) atoms. The van der Waals surface area contributed by atoms with Gasteiger partial charge in [-0.3, -0.25) is 9.69 Å². The first kappa shape index (κ1) is 14.7. The summed E-state index contributed by atoms with van der Waals surface area (Å²) < 4.78 is 18.7. The lowest BCUT2D eigenvalue weighted by atomic mass is 10.3. The van der Waals surface area contributed by atoms with Gasteiger partial charge in [-0.2, -0.15) is 0 Å². The van der Waals surface area contributed by atoms with Crippen LogP contribution in [0.4, 0.5) is 4.39 Å².